The molecule has 0 aromatic heterocycles. The molecule has 0 radical (unpaired) electrons. The summed E-state index contributed by atoms with van der Waals surface area (Å²) in [6.45, 7) is 6.29. The van der Waals surface area contributed by atoms with Gasteiger partial charge in [-0.05, 0) is 12.6 Å². The molecular weight excluding hydrogens is 340 g/mol. The van der Waals surface area contributed by atoms with Gasteiger partial charge in [-0.1, -0.05) is 6.92 Å². The van der Waals surface area contributed by atoms with Crippen LogP contribution in [0, 0.1) is 10.1 Å². The van der Waals surface area contributed by atoms with Crippen molar-refractivity contribution >= 4 is 23.2 Å². The standard InChI is InChI=1S/C17H22N4O5/c1-3-18-6-8-19(9-7-18)14-11-16(22)20(17(14)23)13-5-4-12(21(24)25)10-15(13)26-2/h4-5,10,14H,3,6-9,11H2,1-2H3. The normalized spacial score (nSPS) is 22.1. The molecule has 2 heterocycles. The summed E-state index contributed by atoms with van der Waals surface area (Å²) in [5, 5.41) is 10.9. The van der Waals surface area contributed by atoms with Gasteiger partial charge in [-0.3, -0.25) is 24.6 Å². The highest BCUT2D eigenvalue weighted by Crippen LogP contribution is 2.36. The van der Waals surface area contributed by atoms with Crippen LogP contribution in [0.2, 0.25) is 0 Å². The number of benzene rings is 1. The molecule has 9 heteroatoms. The molecule has 1 aromatic carbocycles. The Morgan fingerprint density at radius 1 is 1.23 bits per heavy atom. The number of amides is 2. The quantitative estimate of drug-likeness (QED) is 0.436. The van der Waals surface area contributed by atoms with Crippen molar-refractivity contribution in [2.24, 2.45) is 0 Å². The van der Waals surface area contributed by atoms with Crippen LogP contribution in [0.5, 0.6) is 5.75 Å². The minimum absolute atomic E-state index is 0.116. The number of rotatable bonds is 5. The Kier molecular flexibility index (Phi) is 5.19. The lowest BCUT2D eigenvalue weighted by atomic mass is 10.1. The molecule has 0 N–H and O–H groups in total. The molecule has 2 fully saturated rings. The second kappa shape index (κ2) is 7.38. The van der Waals surface area contributed by atoms with Gasteiger partial charge >= 0.3 is 0 Å². The highest BCUT2D eigenvalue weighted by Gasteiger charge is 2.44. The molecule has 2 aliphatic rings. The van der Waals surface area contributed by atoms with Crippen LogP contribution in [0.1, 0.15) is 13.3 Å². The van der Waals surface area contributed by atoms with Gasteiger partial charge in [0.25, 0.3) is 11.6 Å². The minimum atomic E-state index is -0.546. The third-order valence-corrected chi connectivity index (χ3v) is 5.03. The van der Waals surface area contributed by atoms with E-state index in [1.54, 1.807) is 0 Å². The molecule has 1 unspecified atom stereocenters. The van der Waals surface area contributed by atoms with E-state index in [0.29, 0.717) is 0 Å². The van der Waals surface area contributed by atoms with E-state index in [1.807, 2.05) is 4.90 Å². The Labute approximate surface area is 151 Å². The van der Waals surface area contributed by atoms with Gasteiger partial charge in [0.2, 0.25) is 5.91 Å². The minimum Gasteiger partial charge on any atom is -0.494 e. The molecule has 0 spiro atoms. The smallest absolute Gasteiger partial charge is 0.273 e. The lowest BCUT2D eigenvalue weighted by Crippen LogP contribution is -2.52. The van der Waals surface area contributed by atoms with Crippen molar-refractivity contribution < 1.29 is 19.2 Å². The molecule has 3 rings (SSSR count). The third kappa shape index (κ3) is 3.27. The largest absolute Gasteiger partial charge is 0.494 e. The predicted molar refractivity (Wildman–Crippen MR) is 94.2 cm³/mol. The average Bonchev–Trinajstić information content (AvgIpc) is 2.95. The Bertz CT molecular complexity index is 730. The van der Waals surface area contributed by atoms with Crippen LogP contribution in [0.15, 0.2) is 18.2 Å². The van der Waals surface area contributed by atoms with E-state index >= 15 is 0 Å². The number of anilines is 1. The Balaban J connectivity index is 1.82. The summed E-state index contributed by atoms with van der Waals surface area (Å²) in [5.41, 5.74) is 0.0970. The molecule has 1 atom stereocenters. The maximum absolute atomic E-state index is 12.9. The van der Waals surface area contributed by atoms with E-state index in [1.165, 1.54) is 25.3 Å². The number of methoxy groups -OCH3 is 1. The van der Waals surface area contributed by atoms with Gasteiger partial charge in [0.15, 0.2) is 0 Å². The van der Waals surface area contributed by atoms with Crippen molar-refractivity contribution in [3.8, 4) is 5.75 Å². The molecule has 1 aromatic rings. The average molecular weight is 362 g/mol. The van der Waals surface area contributed by atoms with Crippen molar-refractivity contribution in [1.29, 1.82) is 0 Å². The summed E-state index contributed by atoms with van der Waals surface area (Å²) in [6.07, 6.45) is 0.116. The molecule has 0 aliphatic carbocycles. The van der Waals surface area contributed by atoms with Crippen molar-refractivity contribution in [2.45, 2.75) is 19.4 Å². The number of carbonyl (C=O) groups excluding carboxylic acids is 2. The first kappa shape index (κ1) is 18.3. The Hall–Kier alpha value is -2.52. The van der Waals surface area contributed by atoms with E-state index in [2.05, 4.69) is 11.8 Å². The fourth-order valence-corrected chi connectivity index (χ4v) is 3.51. The Morgan fingerprint density at radius 2 is 1.92 bits per heavy atom. The molecular formula is C17H22N4O5. The Morgan fingerprint density at radius 3 is 2.50 bits per heavy atom. The van der Waals surface area contributed by atoms with Gasteiger partial charge in [0.1, 0.15) is 5.75 Å². The maximum Gasteiger partial charge on any atom is 0.273 e. The van der Waals surface area contributed by atoms with E-state index in [4.69, 9.17) is 4.74 Å². The fourth-order valence-electron chi connectivity index (χ4n) is 3.51. The van der Waals surface area contributed by atoms with Crippen molar-refractivity contribution in [3.63, 3.8) is 0 Å². The number of carbonyl (C=O) groups is 2. The van der Waals surface area contributed by atoms with E-state index in [-0.39, 0.29) is 35.4 Å². The summed E-state index contributed by atoms with van der Waals surface area (Å²) in [4.78, 5) is 41.3. The van der Waals surface area contributed by atoms with Crippen LogP contribution in [-0.4, -0.2) is 72.4 Å². The molecule has 0 saturated carbocycles. The van der Waals surface area contributed by atoms with Gasteiger partial charge in [-0.25, -0.2) is 4.90 Å². The first-order chi connectivity index (χ1) is 12.5. The SMILES string of the molecule is CCN1CCN(C2CC(=O)N(c3ccc([N+](=O)[O-])cc3OC)C2=O)CC1. The number of nitro benzene ring substituents is 1. The first-order valence-corrected chi connectivity index (χ1v) is 8.62. The number of likely N-dealkylation sites (N-methyl/N-ethyl adjacent to an activating group) is 1. The molecule has 26 heavy (non-hydrogen) atoms. The second-order valence-corrected chi connectivity index (χ2v) is 6.37. The second-order valence-electron chi connectivity index (χ2n) is 6.37. The van der Waals surface area contributed by atoms with Gasteiger partial charge in [0, 0.05) is 32.2 Å². The number of nitrogens with zero attached hydrogens (tertiary/aromatic N) is 4. The monoisotopic (exact) mass is 362 g/mol. The summed E-state index contributed by atoms with van der Waals surface area (Å²) >= 11 is 0. The van der Waals surface area contributed by atoms with Gasteiger partial charge in [-0.2, -0.15) is 0 Å². The molecule has 2 amide bonds. The van der Waals surface area contributed by atoms with Crippen molar-refractivity contribution in [3.05, 3.63) is 28.3 Å². The third-order valence-electron chi connectivity index (χ3n) is 5.03. The molecule has 140 valence electrons. The van der Waals surface area contributed by atoms with E-state index in [9.17, 15) is 19.7 Å². The number of non-ortho nitro benzene ring substituents is 1. The van der Waals surface area contributed by atoms with Gasteiger partial charge < -0.3 is 9.64 Å². The predicted octanol–water partition coefficient (Wildman–Crippen LogP) is 0.873. The molecule has 0 bridgehead atoms. The highest BCUT2D eigenvalue weighted by atomic mass is 16.6. The van der Waals surface area contributed by atoms with Crippen LogP contribution >= 0.6 is 0 Å². The topological polar surface area (TPSA) is 96.2 Å². The van der Waals surface area contributed by atoms with Gasteiger partial charge in [-0.15, -0.1) is 0 Å². The van der Waals surface area contributed by atoms with Crippen LogP contribution in [0.4, 0.5) is 11.4 Å². The van der Waals surface area contributed by atoms with Crippen LogP contribution in [-0.2, 0) is 9.59 Å². The van der Waals surface area contributed by atoms with Crippen LogP contribution < -0.4 is 9.64 Å². The number of imide groups is 1. The first-order valence-electron chi connectivity index (χ1n) is 8.62. The van der Waals surface area contributed by atoms with E-state index < -0.39 is 11.0 Å². The number of hydrogen-bond donors (Lipinski definition) is 0. The fraction of sp³-hybridized carbons (Fsp3) is 0.529. The van der Waals surface area contributed by atoms with E-state index in [0.717, 1.165) is 37.6 Å². The summed E-state index contributed by atoms with van der Waals surface area (Å²) in [6, 6.07) is 3.40. The van der Waals surface area contributed by atoms with Crippen LogP contribution in [0.3, 0.4) is 0 Å². The number of hydrogen-bond acceptors (Lipinski definition) is 7. The molecule has 2 saturated heterocycles. The summed E-state index contributed by atoms with van der Waals surface area (Å²) in [7, 11) is 1.36. The zero-order valence-electron chi connectivity index (χ0n) is 14.9. The lowest BCUT2D eigenvalue weighted by molar-refractivity contribution is -0.384. The van der Waals surface area contributed by atoms with Gasteiger partial charge in [0.05, 0.1) is 36.2 Å². The zero-order chi connectivity index (χ0) is 18.8. The highest BCUT2D eigenvalue weighted by molar-refractivity contribution is 6.23. The number of ether oxygens (including phenoxy) is 1. The summed E-state index contributed by atoms with van der Waals surface area (Å²) < 4.78 is 5.18. The lowest BCUT2D eigenvalue weighted by Gasteiger charge is -2.36. The molecule has 2 aliphatic heterocycles. The maximum atomic E-state index is 12.9. The zero-order valence-corrected chi connectivity index (χ0v) is 14.9. The van der Waals surface area contributed by atoms with Crippen LogP contribution in [0.25, 0.3) is 0 Å². The number of nitro groups is 1. The summed E-state index contributed by atoms with van der Waals surface area (Å²) in [5.74, 6) is -0.477. The number of piperazine rings is 1. The molecule has 9 nitrogen and oxygen atoms in total. The van der Waals surface area contributed by atoms with Crippen molar-refractivity contribution in [2.75, 3.05) is 44.7 Å². The van der Waals surface area contributed by atoms with Crippen molar-refractivity contribution in [1.82, 2.24) is 9.80 Å².